The second kappa shape index (κ2) is 9.58. The Labute approximate surface area is 217 Å². The number of carbonyl (C=O) groups excluding carboxylic acids is 1. The molecule has 192 valence electrons. The first kappa shape index (κ1) is 24.9. The second-order valence-corrected chi connectivity index (χ2v) is 11.5. The fourth-order valence-electron chi connectivity index (χ4n) is 5.45. The van der Waals surface area contributed by atoms with Gasteiger partial charge in [0.15, 0.2) is 21.4 Å². The first-order valence-corrected chi connectivity index (χ1v) is 13.3. The molecule has 3 fully saturated rings. The van der Waals surface area contributed by atoms with Crippen molar-refractivity contribution in [2.24, 2.45) is 0 Å². The van der Waals surface area contributed by atoms with E-state index >= 15 is 4.39 Å². The van der Waals surface area contributed by atoms with Gasteiger partial charge in [0.2, 0.25) is 0 Å². The lowest BCUT2D eigenvalue weighted by molar-refractivity contribution is -0.0372. The Morgan fingerprint density at radius 3 is 2.77 bits per heavy atom. The number of anilines is 1. The minimum Gasteiger partial charge on any atom is -0.444 e. The fraction of sp³-hybridized carbons (Fsp3) is 0.739. The van der Waals surface area contributed by atoms with Gasteiger partial charge in [-0.25, -0.2) is 23.8 Å². The molecule has 5 atom stereocenters. The van der Waals surface area contributed by atoms with Crippen molar-refractivity contribution in [3.05, 3.63) is 9.39 Å². The van der Waals surface area contributed by atoms with E-state index in [-0.39, 0.29) is 18.9 Å². The van der Waals surface area contributed by atoms with Crippen LogP contribution in [0.4, 0.5) is 15.0 Å². The van der Waals surface area contributed by atoms with Gasteiger partial charge in [0.25, 0.3) is 0 Å². The van der Waals surface area contributed by atoms with Gasteiger partial charge in [-0.1, -0.05) is 0 Å². The minimum atomic E-state index is -1.31. The summed E-state index contributed by atoms with van der Waals surface area (Å²) in [4.78, 5) is 23.9. The molecule has 2 aromatic rings. The average Bonchev–Trinajstić information content (AvgIpc) is 3.32. The van der Waals surface area contributed by atoms with Crippen molar-refractivity contribution >= 4 is 45.7 Å². The highest BCUT2D eigenvalue weighted by molar-refractivity contribution is 14.1. The summed E-state index contributed by atoms with van der Waals surface area (Å²) in [5.74, 6) is 0.485. The third-order valence-electron chi connectivity index (χ3n) is 6.89. The number of aliphatic hydroxyl groups excluding tert-OH is 1. The van der Waals surface area contributed by atoms with Crippen molar-refractivity contribution in [3.8, 4) is 0 Å². The molecule has 0 radical (unpaired) electrons. The van der Waals surface area contributed by atoms with Gasteiger partial charge in [-0.15, -0.1) is 0 Å². The maximum Gasteiger partial charge on any atom is 0.407 e. The van der Waals surface area contributed by atoms with Crippen LogP contribution in [0, 0.1) is 3.70 Å². The van der Waals surface area contributed by atoms with Gasteiger partial charge in [-0.05, 0) is 81.9 Å². The van der Waals surface area contributed by atoms with Gasteiger partial charge in [-0.2, -0.15) is 5.10 Å². The molecule has 1 unspecified atom stereocenters. The van der Waals surface area contributed by atoms with E-state index in [0.29, 0.717) is 45.8 Å². The molecule has 3 aliphatic heterocycles. The van der Waals surface area contributed by atoms with E-state index in [4.69, 9.17) is 19.4 Å². The van der Waals surface area contributed by atoms with E-state index in [1.165, 1.54) is 0 Å². The molecule has 0 aliphatic carbocycles. The molecule has 5 rings (SSSR count). The van der Waals surface area contributed by atoms with Crippen LogP contribution in [0.15, 0.2) is 0 Å². The molecule has 0 aromatic carbocycles. The maximum absolute atomic E-state index is 15.7. The Bertz CT molecular complexity index is 1100. The third-order valence-corrected chi connectivity index (χ3v) is 7.61. The van der Waals surface area contributed by atoms with Crippen LogP contribution in [0.2, 0.25) is 0 Å². The fourth-order valence-corrected chi connectivity index (χ4v) is 6.04. The predicted molar refractivity (Wildman–Crippen MR) is 135 cm³/mol. The number of aromatic nitrogens is 4. The lowest BCUT2D eigenvalue weighted by Gasteiger charge is -2.42. The molecule has 3 aliphatic rings. The molecule has 5 heterocycles. The van der Waals surface area contributed by atoms with E-state index in [1.54, 1.807) is 25.5 Å². The summed E-state index contributed by atoms with van der Waals surface area (Å²) in [5, 5.41) is 17.5. The molecule has 35 heavy (non-hydrogen) atoms. The number of piperidine rings is 1. The number of hydrogen-bond donors (Lipinski definition) is 2. The average molecular weight is 602 g/mol. The Hall–Kier alpha value is -1.80. The van der Waals surface area contributed by atoms with Crippen molar-refractivity contribution in [1.82, 2.24) is 25.1 Å². The number of hydrogen-bond acceptors (Lipinski definition) is 8. The molecule has 2 bridgehead atoms. The quantitative estimate of drug-likeness (QED) is 0.511. The maximum atomic E-state index is 15.7. The molecule has 10 nitrogen and oxygen atoms in total. The molecule has 2 aromatic heterocycles. The van der Waals surface area contributed by atoms with Gasteiger partial charge < -0.3 is 24.8 Å². The van der Waals surface area contributed by atoms with E-state index in [9.17, 15) is 9.90 Å². The van der Waals surface area contributed by atoms with Gasteiger partial charge in [0, 0.05) is 12.6 Å². The molecule has 0 spiro atoms. The Kier molecular flexibility index (Phi) is 6.81. The summed E-state index contributed by atoms with van der Waals surface area (Å²) in [6, 6.07) is -1.16. The highest BCUT2D eigenvalue weighted by Gasteiger charge is 2.50. The summed E-state index contributed by atoms with van der Waals surface area (Å²) >= 11 is 2.12. The zero-order chi connectivity index (χ0) is 24.9. The van der Waals surface area contributed by atoms with Crippen molar-refractivity contribution in [2.75, 3.05) is 11.5 Å². The molecule has 2 N–H and O–H groups in total. The Morgan fingerprint density at radius 2 is 2.09 bits per heavy atom. The summed E-state index contributed by atoms with van der Waals surface area (Å²) in [7, 11) is 0. The first-order valence-electron chi connectivity index (χ1n) is 12.3. The van der Waals surface area contributed by atoms with Gasteiger partial charge in [-0.3, -0.25) is 0 Å². The zero-order valence-corrected chi connectivity index (χ0v) is 22.4. The number of carbonyl (C=O) groups is 1. The van der Waals surface area contributed by atoms with Crippen LogP contribution >= 0.6 is 22.6 Å². The first-order chi connectivity index (χ1) is 16.7. The molecule has 12 heteroatoms. The van der Waals surface area contributed by atoms with E-state index in [0.717, 1.165) is 25.7 Å². The standard InChI is InChI=1S/C23H32FIN6O4/c1-23(2,3)35-22(33)27-13-10-12-7-8-15(17(13)24)30(12)20-14(11-32)26-18-19(25)29-31(21(18)28-20)16-6-4-5-9-34-16/h12-13,15-17,32H,4-11H2,1-3H3,(H,27,33)/t12-,13+,15+,16?,17+/m1/s1. The number of alkyl halides is 1. The third kappa shape index (κ3) is 4.80. The summed E-state index contributed by atoms with van der Waals surface area (Å²) in [6.07, 6.45) is 2.59. The molecular weight excluding hydrogens is 570 g/mol. The zero-order valence-electron chi connectivity index (χ0n) is 20.2. The number of aliphatic hydroxyl groups is 1. The Morgan fingerprint density at radius 1 is 1.29 bits per heavy atom. The highest BCUT2D eigenvalue weighted by atomic mass is 127. The Balaban J connectivity index is 1.45. The minimum absolute atomic E-state index is 0.0367. The van der Waals surface area contributed by atoms with Crippen molar-refractivity contribution in [2.45, 2.75) is 102 Å². The van der Waals surface area contributed by atoms with Crippen molar-refractivity contribution in [1.29, 1.82) is 0 Å². The van der Waals surface area contributed by atoms with Gasteiger partial charge >= 0.3 is 6.09 Å². The van der Waals surface area contributed by atoms with Crippen LogP contribution in [-0.2, 0) is 16.1 Å². The second-order valence-electron chi connectivity index (χ2n) is 10.5. The summed E-state index contributed by atoms with van der Waals surface area (Å²) in [6.45, 7) is 5.69. The van der Waals surface area contributed by atoms with Crippen LogP contribution in [0.5, 0.6) is 0 Å². The topological polar surface area (TPSA) is 115 Å². The molecule has 1 amide bonds. The normalized spacial score (nSPS) is 29.0. The number of fused-ring (bicyclic) bond motifs is 3. The number of alkyl carbamates (subject to hydrolysis) is 1. The van der Waals surface area contributed by atoms with E-state index in [2.05, 4.69) is 33.0 Å². The number of amides is 1. The van der Waals surface area contributed by atoms with Crippen LogP contribution in [0.1, 0.15) is 71.2 Å². The smallest absolute Gasteiger partial charge is 0.407 e. The molecule has 3 saturated heterocycles. The number of nitrogens with one attached hydrogen (secondary N) is 1. The molecular formula is C23H32FIN6O4. The van der Waals surface area contributed by atoms with Crippen LogP contribution < -0.4 is 10.2 Å². The number of halogens is 2. The van der Waals surface area contributed by atoms with Crippen LogP contribution in [0.25, 0.3) is 11.2 Å². The SMILES string of the molecule is CC(C)(C)OC(=O)N[C@H]1C[C@H]2CC[C@@H]([C@H]1F)N2c1nc2c(nc1CO)c(I)nn2C1CCCCO1. The summed E-state index contributed by atoms with van der Waals surface area (Å²) in [5.41, 5.74) is 0.941. The van der Waals surface area contributed by atoms with Crippen LogP contribution in [-0.4, -0.2) is 67.5 Å². The lowest BCUT2D eigenvalue weighted by Crippen LogP contribution is -2.59. The van der Waals surface area contributed by atoms with E-state index < -0.39 is 29.9 Å². The lowest BCUT2D eigenvalue weighted by atomic mass is 9.95. The van der Waals surface area contributed by atoms with Gasteiger partial charge in [0.1, 0.15) is 23.0 Å². The van der Waals surface area contributed by atoms with Crippen molar-refractivity contribution < 1.29 is 23.8 Å². The number of rotatable bonds is 4. The summed E-state index contributed by atoms with van der Waals surface area (Å²) < 4.78 is 29.5. The number of ether oxygens (including phenoxy) is 2. The molecule has 0 saturated carbocycles. The highest BCUT2D eigenvalue weighted by Crippen LogP contribution is 2.42. The van der Waals surface area contributed by atoms with Gasteiger partial charge in [0.05, 0.1) is 18.7 Å². The largest absolute Gasteiger partial charge is 0.444 e. The monoisotopic (exact) mass is 602 g/mol. The number of nitrogens with zero attached hydrogens (tertiary/aromatic N) is 5. The predicted octanol–water partition coefficient (Wildman–Crippen LogP) is 3.59. The van der Waals surface area contributed by atoms with E-state index in [1.807, 2.05) is 4.90 Å². The van der Waals surface area contributed by atoms with Crippen molar-refractivity contribution in [3.63, 3.8) is 0 Å². The van der Waals surface area contributed by atoms with Crippen LogP contribution in [0.3, 0.4) is 0 Å².